The van der Waals surface area contributed by atoms with Crippen LogP contribution < -0.4 is 11.1 Å². The van der Waals surface area contributed by atoms with Crippen LogP contribution in [-0.4, -0.2) is 41.4 Å². The van der Waals surface area contributed by atoms with Gasteiger partial charge in [0.1, 0.15) is 0 Å². The van der Waals surface area contributed by atoms with E-state index >= 15 is 0 Å². The van der Waals surface area contributed by atoms with E-state index in [-0.39, 0.29) is 23.8 Å². The van der Waals surface area contributed by atoms with Gasteiger partial charge in [0.05, 0.1) is 5.54 Å². The number of rotatable bonds is 3. The summed E-state index contributed by atoms with van der Waals surface area (Å²) in [6.45, 7) is 8.64. The second-order valence-electron chi connectivity index (χ2n) is 5.95. The van der Waals surface area contributed by atoms with E-state index in [1.807, 2.05) is 18.7 Å². The van der Waals surface area contributed by atoms with Crippen molar-refractivity contribution in [3.63, 3.8) is 0 Å². The molecule has 5 heteroatoms. The van der Waals surface area contributed by atoms with Crippen molar-refractivity contribution in [2.24, 2.45) is 11.7 Å². The summed E-state index contributed by atoms with van der Waals surface area (Å²) >= 11 is 0. The Morgan fingerprint density at radius 3 is 2.17 bits per heavy atom. The van der Waals surface area contributed by atoms with Gasteiger partial charge in [-0.3, -0.25) is 9.59 Å². The van der Waals surface area contributed by atoms with E-state index in [0.717, 1.165) is 12.8 Å². The van der Waals surface area contributed by atoms with Gasteiger partial charge in [0.15, 0.2) is 0 Å². The highest BCUT2D eigenvalue weighted by Gasteiger charge is 2.28. The van der Waals surface area contributed by atoms with Gasteiger partial charge >= 0.3 is 0 Å². The molecule has 1 heterocycles. The van der Waals surface area contributed by atoms with Crippen LogP contribution in [0.1, 0.15) is 40.5 Å². The fraction of sp³-hybridized carbons (Fsp3) is 0.846. The average molecular weight is 255 g/mol. The summed E-state index contributed by atoms with van der Waals surface area (Å²) in [5.74, 6) is 0.106. The standard InChI is InChI=1S/C13H25N3O2/c1-9(2)11(17)16-7-5-10(6-8-16)15-12(18)13(3,4)14/h9-10H,5-8,14H2,1-4H3,(H,15,18). The highest BCUT2D eigenvalue weighted by Crippen LogP contribution is 2.14. The maximum absolute atomic E-state index is 11.8. The van der Waals surface area contributed by atoms with Crippen LogP contribution in [0.15, 0.2) is 0 Å². The van der Waals surface area contributed by atoms with Crippen molar-refractivity contribution in [3.05, 3.63) is 0 Å². The molecule has 1 aliphatic heterocycles. The van der Waals surface area contributed by atoms with Crippen molar-refractivity contribution < 1.29 is 9.59 Å². The Morgan fingerprint density at radius 2 is 1.78 bits per heavy atom. The third kappa shape index (κ3) is 3.98. The molecule has 0 radical (unpaired) electrons. The van der Waals surface area contributed by atoms with Crippen molar-refractivity contribution in [2.75, 3.05) is 13.1 Å². The van der Waals surface area contributed by atoms with Crippen molar-refractivity contribution in [3.8, 4) is 0 Å². The van der Waals surface area contributed by atoms with Crippen LogP contribution in [0.25, 0.3) is 0 Å². The minimum absolute atomic E-state index is 0.0408. The van der Waals surface area contributed by atoms with Crippen LogP contribution >= 0.6 is 0 Å². The lowest BCUT2D eigenvalue weighted by Crippen LogP contribution is -2.54. The zero-order valence-electron chi connectivity index (χ0n) is 11.8. The highest BCUT2D eigenvalue weighted by atomic mass is 16.2. The van der Waals surface area contributed by atoms with Gasteiger partial charge in [0, 0.05) is 25.0 Å². The van der Waals surface area contributed by atoms with Gasteiger partial charge in [0.25, 0.3) is 0 Å². The van der Waals surface area contributed by atoms with Gasteiger partial charge in [-0.15, -0.1) is 0 Å². The molecule has 104 valence electrons. The van der Waals surface area contributed by atoms with Gasteiger partial charge in [-0.2, -0.15) is 0 Å². The number of nitrogens with one attached hydrogen (secondary N) is 1. The molecule has 0 aliphatic carbocycles. The van der Waals surface area contributed by atoms with Gasteiger partial charge in [0.2, 0.25) is 11.8 Å². The molecule has 0 spiro atoms. The van der Waals surface area contributed by atoms with Gasteiger partial charge < -0.3 is 16.0 Å². The summed E-state index contributed by atoms with van der Waals surface area (Å²) in [6.07, 6.45) is 1.61. The van der Waals surface area contributed by atoms with Gasteiger partial charge in [-0.25, -0.2) is 0 Å². The average Bonchev–Trinajstić information content (AvgIpc) is 2.27. The zero-order chi connectivity index (χ0) is 13.9. The molecule has 3 N–H and O–H groups in total. The molecule has 0 aromatic rings. The van der Waals surface area contributed by atoms with E-state index in [1.54, 1.807) is 13.8 Å². The molecular formula is C13H25N3O2. The first-order valence-electron chi connectivity index (χ1n) is 6.60. The Kier molecular flexibility index (Phi) is 4.73. The number of carbonyl (C=O) groups excluding carboxylic acids is 2. The summed E-state index contributed by atoms with van der Waals surface area (Å²) in [7, 11) is 0. The Bertz CT molecular complexity index is 313. The summed E-state index contributed by atoms with van der Waals surface area (Å²) in [6, 6.07) is 0.136. The molecule has 0 unspecified atom stereocenters. The predicted octanol–water partition coefficient (Wildman–Crippen LogP) is 0.487. The maximum atomic E-state index is 11.8. The second-order valence-corrected chi connectivity index (χ2v) is 5.95. The summed E-state index contributed by atoms with van der Waals surface area (Å²) in [5.41, 5.74) is 4.89. The number of hydrogen-bond acceptors (Lipinski definition) is 3. The maximum Gasteiger partial charge on any atom is 0.239 e. The van der Waals surface area contributed by atoms with E-state index < -0.39 is 5.54 Å². The van der Waals surface area contributed by atoms with Crippen LogP contribution in [0, 0.1) is 5.92 Å². The first-order valence-corrected chi connectivity index (χ1v) is 6.60. The van der Waals surface area contributed by atoms with E-state index in [9.17, 15) is 9.59 Å². The molecule has 1 fully saturated rings. The Labute approximate surface area is 109 Å². The number of hydrogen-bond donors (Lipinski definition) is 2. The Balaban J connectivity index is 2.41. The minimum atomic E-state index is -0.842. The summed E-state index contributed by atoms with van der Waals surface area (Å²) in [4.78, 5) is 25.4. The van der Waals surface area contributed by atoms with Crippen LogP contribution in [0.2, 0.25) is 0 Å². The zero-order valence-corrected chi connectivity index (χ0v) is 11.8. The molecule has 5 nitrogen and oxygen atoms in total. The number of carbonyl (C=O) groups is 2. The van der Waals surface area contributed by atoms with Gasteiger partial charge in [-0.05, 0) is 26.7 Å². The third-order valence-electron chi connectivity index (χ3n) is 3.22. The SMILES string of the molecule is CC(C)C(=O)N1CCC(NC(=O)C(C)(C)N)CC1. The topological polar surface area (TPSA) is 75.4 Å². The smallest absolute Gasteiger partial charge is 0.239 e. The predicted molar refractivity (Wildman–Crippen MR) is 70.8 cm³/mol. The van der Waals surface area contributed by atoms with E-state index in [2.05, 4.69) is 5.32 Å². The van der Waals surface area contributed by atoms with Crippen LogP contribution in [0.3, 0.4) is 0 Å². The number of likely N-dealkylation sites (tertiary alicyclic amines) is 1. The fourth-order valence-corrected chi connectivity index (χ4v) is 1.98. The third-order valence-corrected chi connectivity index (χ3v) is 3.22. The number of nitrogens with two attached hydrogens (primary N) is 1. The van der Waals surface area contributed by atoms with Crippen molar-refractivity contribution in [2.45, 2.75) is 52.1 Å². The summed E-state index contributed by atoms with van der Waals surface area (Å²) in [5, 5.41) is 2.95. The molecule has 1 aliphatic rings. The van der Waals surface area contributed by atoms with Crippen molar-refractivity contribution in [1.82, 2.24) is 10.2 Å². The Morgan fingerprint density at radius 1 is 1.28 bits per heavy atom. The van der Waals surface area contributed by atoms with E-state index in [1.165, 1.54) is 0 Å². The Hall–Kier alpha value is -1.10. The molecule has 1 saturated heterocycles. The molecule has 0 saturated carbocycles. The molecule has 0 bridgehead atoms. The lowest BCUT2D eigenvalue weighted by atomic mass is 10.0. The highest BCUT2D eigenvalue weighted by molar-refractivity contribution is 5.85. The summed E-state index contributed by atoms with van der Waals surface area (Å²) < 4.78 is 0. The first kappa shape index (κ1) is 15.0. The number of amides is 2. The fourth-order valence-electron chi connectivity index (χ4n) is 1.98. The first-order chi connectivity index (χ1) is 8.21. The molecule has 0 atom stereocenters. The monoisotopic (exact) mass is 255 g/mol. The molecule has 18 heavy (non-hydrogen) atoms. The van der Waals surface area contributed by atoms with Gasteiger partial charge in [-0.1, -0.05) is 13.8 Å². The largest absolute Gasteiger partial charge is 0.352 e. The lowest BCUT2D eigenvalue weighted by molar-refractivity contribution is -0.135. The van der Waals surface area contributed by atoms with Crippen LogP contribution in [0.4, 0.5) is 0 Å². The molecule has 1 rings (SSSR count). The molecular weight excluding hydrogens is 230 g/mol. The van der Waals surface area contributed by atoms with E-state index in [0.29, 0.717) is 13.1 Å². The van der Waals surface area contributed by atoms with Crippen LogP contribution in [0.5, 0.6) is 0 Å². The minimum Gasteiger partial charge on any atom is -0.352 e. The number of nitrogens with zero attached hydrogens (tertiary/aromatic N) is 1. The number of piperidine rings is 1. The quantitative estimate of drug-likeness (QED) is 0.770. The molecule has 0 aromatic carbocycles. The van der Waals surface area contributed by atoms with E-state index in [4.69, 9.17) is 5.73 Å². The van der Waals surface area contributed by atoms with Crippen molar-refractivity contribution >= 4 is 11.8 Å². The second kappa shape index (κ2) is 5.69. The molecule has 2 amide bonds. The normalized spacial score (nSPS) is 18.0. The van der Waals surface area contributed by atoms with Crippen molar-refractivity contribution in [1.29, 1.82) is 0 Å². The van der Waals surface area contributed by atoms with Crippen LogP contribution in [-0.2, 0) is 9.59 Å². The lowest BCUT2D eigenvalue weighted by Gasteiger charge is -2.34. The molecule has 0 aromatic heterocycles.